The predicted octanol–water partition coefficient (Wildman–Crippen LogP) is 1.69. The molecule has 0 aliphatic carbocycles. The van der Waals surface area contributed by atoms with Crippen molar-refractivity contribution >= 4 is 15.9 Å². The fraction of sp³-hybridized carbons (Fsp3) is 0.727. The molecule has 1 aliphatic heterocycles. The van der Waals surface area contributed by atoms with Crippen molar-refractivity contribution in [3.05, 3.63) is 16.4 Å². The Morgan fingerprint density at radius 2 is 2.29 bits per heavy atom. The molecule has 0 amide bonds. The first-order valence-electron chi connectivity index (χ1n) is 5.88. The second kappa shape index (κ2) is 5.95. The van der Waals surface area contributed by atoms with Gasteiger partial charge in [0.15, 0.2) is 6.29 Å². The van der Waals surface area contributed by atoms with E-state index in [9.17, 15) is 0 Å². The lowest BCUT2D eigenvalue weighted by atomic mass is 10.1. The summed E-state index contributed by atoms with van der Waals surface area (Å²) in [6.07, 6.45) is 2.51. The van der Waals surface area contributed by atoms with E-state index in [1.54, 1.807) is 0 Å². The number of ether oxygens (including phenoxy) is 2. The van der Waals surface area contributed by atoms with Gasteiger partial charge in [0.05, 0.1) is 35.6 Å². The first-order chi connectivity index (χ1) is 8.26. The van der Waals surface area contributed by atoms with Gasteiger partial charge in [-0.05, 0) is 29.9 Å². The molecular weight excluding hydrogens is 286 g/mol. The maximum Gasteiger partial charge on any atom is 0.159 e. The summed E-state index contributed by atoms with van der Waals surface area (Å²) in [5, 5.41) is 7.62. The summed E-state index contributed by atoms with van der Waals surface area (Å²) in [5.74, 6) is 0. The molecule has 6 heteroatoms. The van der Waals surface area contributed by atoms with Crippen LogP contribution < -0.4 is 5.32 Å². The number of hydrogen-bond donors (Lipinski definition) is 1. The lowest BCUT2D eigenvalue weighted by Gasteiger charge is -2.20. The van der Waals surface area contributed by atoms with Crippen molar-refractivity contribution in [2.24, 2.45) is 0 Å². The quantitative estimate of drug-likeness (QED) is 0.899. The molecular formula is C11H18BrN3O2. The third kappa shape index (κ3) is 2.88. The first kappa shape index (κ1) is 13.0. The molecule has 0 aromatic carbocycles. The predicted molar refractivity (Wildman–Crippen MR) is 67.7 cm³/mol. The highest BCUT2D eigenvalue weighted by Gasteiger charge is 2.25. The number of nitrogens with zero attached hydrogens (tertiary/aromatic N) is 2. The van der Waals surface area contributed by atoms with Gasteiger partial charge in [0.1, 0.15) is 0 Å². The van der Waals surface area contributed by atoms with Gasteiger partial charge < -0.3 is 14.8 Å². The van der Waals surface area contributed by atoms with Crippen LogP contribution >= 0.6 is 15.9 Å². The van der Waals surface area contributed by atoms with Gasteiger partial charge in [-0.3, -0.25) is 4.68 Å². The van der Waals surface area contributed by atoms with Crippen molar-refractivity contribution in [3.63, 3.8) is 0 Å². The highest BCUT2D eigenvalue weighted by atomic mass is 79.9. The summed E-state index contributed by atoms with van der Waals surface area (Å²) >= 11 is 3.54. The van der Waals surface area contributed by atoms with Crippen LogP contribution in [0.3, 0.4) is 0 Å². The Morgan fingerprint density at radius 3 is 2.88 bits per heavy atom. The standard InChI is InChI=1S/C11H18BrN3O2/c1-3-15-11(8(12)7-14-15)9(13-2)6-10-16-4-5-17-10/h7,9-10,13H,3-6H2,1-2H3. The first-order valence-corrected chi connectivity index (χ1v) is 6.67. The van der Waals surface area contributed by atoms with Crippen LogP contribution in [-0.2, 0) is 16.0 Å². The van der Waals surface area contributed by atoms with Gasteiger partial charge in [-0.15, -0.1) is 0 Å². The minimum atomic E-state index is -0.112. The van der Waals surface area contributed by atoms with E-state index in [-0.39, 0.29) is 12.3 Å². The van der Waals surface area contributed by atoms with Crippen LogP contribution in [0.1, 0.15) is 25.1 Å². The Labute approximate surface area is 110 Å². The van der Waals surface area contributed by atoms with Crippen molar-refractivity contribution in [3.8, 4) is 0 Å². The second-order valence-electron chi connectivity index (χ2n) is 3.94. The molecule has 0 saturated carbocycles. The minimum absolute atomic E-state index is 0.112. The Hall–Kier alpha value is -0.430. The van der Waals surface area contributed by atoms with E-state index >= 15 is 0 Å². The summed E-state index contributed by atoms with van der Waals surface area (Å²) in [4.78, 5) is 0. The molecule has 1 fully saturated rings. The summed E-state index contributed by atoms with van der Waals surface area (Å²) < 4.78 is 14.0. The Kier molecular flexibility index (Phi) is 4.55. The number of rotatable bonds is 5. The summed E-state index contributed by atoms with van der Waals surface area (Å²) in [6, 6.07) is 0.176. The van der Waals surface area contributed by atoms with E-state index in [2.05, 4.69) is 33.3 Å². The maximum atomic E-state index is 5.49. The van der Waals surface area contributed by atoms with Crippen LogP contribution in [0.25, 0.3) is 0 Å². The zero-order valence-corrected chi connectivity index (χ0v) is 11.7. The Bertz CT molecular complexity index is 364. The van der Waals surface area contributed by atoms with Crippen LogP contribution in [0.5, 0.6) is 0 Å². The van der Waals surface area contributed by atoms with Gasteiger partial charge >= 0.3 is 0 Å². The molecule has 1 aliphatic rings. The molecule has 2 heterocycles. The van der Waals surface area contributed by atoms with Crippen LogP contribution in [0, 0.1) is 0 Å². The number of aryl methyl sites for hydroxylation is 1. The van der Waals surface area contributed by atoms with Gasteiger partial charge in [-0.2, -0.15) is 5.10 Å². The van der Waals surface area contributed by atoms with E-state index in [0.29, 0.717) is 13.2 Å². The van der Waals surface area contributed by atoms with Crippen LogP contribution in [-0.4, -0.2) is 36.3 Å². The van der Waals surface area contributed by atoms with E-state index in [1.807, 2.05) is 17.9 Å². The second-order valence-corrected chi connectivity index (χ2v) is 4.80. The molecule has 17 heavy (non-hydrogen) atoms. The third-order valence-electron chi connectivity index (χ3n) is 2.93. The van der Waals surface area contributed by atoms with Crippen LogP contribution in [0.4, 0.5) is 0 Å². The fourth-order valence-corrected chi connectivity index (χ4v) is 2.64. The highest BCUT2D eigenvalue weighted by molar-refractivity contribution is 9.10. The average molecular weight is 304 g/mol. The molecule has 96 valence electrons. The van der Waals surface area contributed by atoms with Crippen molar-refractivity contribution in [1.29, 1.82) is 0 Å². The number of halogens is 1. The molecule has 5 nitrogen and oxygen atoms in total. The van der Waals surface area contributed by atoms with E-state index < -0.39 is 0 Å². The number of aromatic nitrogens is 2. The van der Waals surface area contributed by atoms with E-state index in [1.165, 1.54) is 0 Å². The topological polar surface area (TPSA) is 48.3 Å². The van der Waals surface area contributed by atoms with Gasteiger partial charge in [-0.1, -0.05) is 0 Å². The summed E-state index contributed by atoms with van der Waals surface area (Å²) in [6.45, 7) is 4.31. The number of hydrogen-bond acceptors (Lipinski definition) is 4. The van der Waals surface area contributed by atoms with Crippen molar-refractivity contribution in [1.82, 2.24) is 15.1 Å². The van der Waals surface area contributed by atoms with Crippen LogP contribution in [0.2, 0.25) is 0 Å². The minimum Gasteiger partial charge on any atom is -0.350 e. The molecule has 1 unspecified atom stereocenters. The zero-order chi connectivity index (χ0) is 12.3. The third-order valence-corrected chi connectivity index (χ3v) is 3.54. The van der Waals surface area contributed by atoms with Crippen molar-refractivity contribution < 1.29 is 9.47 Å². The van der Waals surface area contributed by atoms with Gasteiger partial charge in [0.2, 0.25) is 0 Å². The van der Waals surface area contributed by atoms with Crippen molar-refractivity contribution in [2.75, 3.05) is 20.3 Å². The molecule has 1 saturated heterocycles. The number of nitrogens with one attached hydrogen (secondary N) is 1. The molecule has 1 atom stereocenters. The summed E-state index contributed by atoms with van der Waals surface area (Å²) in [5.41, 5.74) is 1.15. The lowest BCUT2D eigenvalue weighted by molar-refractivity contribution is -0.0531. The fourth-order valence-electron chi connectivity index (χ4n) is 2.07. The van der Waals surface area contributed by atoms with Gasteiger partial charge in [-0.25, -0.2) is 0 Å². The monoisotopic (exact) mass is 303 g/mol. The SMILES string of the molecule is CCn1ncc(Br)c1C(CC1OCCO1)NC. The Balaban J connectivity index is 2.12. The smallest absolute Gasteiger partial charge is 0.159 e. The van der Waals surface area contributed by atoms with E-state index in [0.717, 1.165) is 23.1 Å². The highest BCUT2D eigenvalue weighted by Crippen LogP contribution is 2.28. The Morgan fingerprint density at radius 1 is 1.59 bits per heavy atom. The van der Waals surface area contributed by atoms with Gasteiger partial charge in [0, 0.05) is 13.0 Å². The molecule has 1 N–H and O–H groups in total. The van der Waals surface area contributed by atoms with Crippen LogP contribution in [0.15, 0.2) is 10.7 Å². The maximum absolute atomic E-state index is 5.49. The largest absolute Gasteiger partial charge is 0.350 e. The van der Waals surface area contributed by atoms with Gasteiger partial charge in [0.25, 0.3) is 0 Å². The molecule has 1 aromatic heterocycles. The molecule has 2 rings (SSSR count). The molecule has 1 aromatic rings. The summed E-state index contributed by atoms with van der Waals surface area (Å²) in [7, 11) is 1.94. The van der Waals surface area contributed by atoms with Crippen molar-refractivity contribution in [2.45, 2.75) is 32.2 Å². The normalized spacial score (nSPS) is 18.8. The molecule has 0 spiro atoms. The molecule has 0 radical (unpaired) electrons. The molecule has 0 bridgehead atoms. The zero-order valence-electron chi connectivity index (χ0n) is 10.1. The van der Waals surface area contributed by atoms with E-state index in [4.69, 9.17) is 9.47 Å². The lowest BCUT2D eigenvalue weighted by Crippen LogP contribution is -2.25. The average Bonchev–Trinajstić information content (AvgIpc) is 2.95.